The molecule has 0 fully saturated rings. The van der Waals surface area contributed by atoms with Gasteiger partial charge in [0.25, 0.3) is 0 Å². The Morgan fingerprint density at radius 3 is 2.35 bits per heavy atom. The Hall–Kier alpha value is -2.02. The van der Waals surface area contributed by atoms with Crippen LogP contribution in [0.5, 0.6) is 5.75 Å². The minimum Gasteiger partial charge on any atom is -0.497 e. The first kappa shape index (κ1) is 11.5. The molecule has 0 radical (unpaired) electrons. The van der Waals surface area contributed by atoms with Crippen LogP contribution in [0.1, 0.15) is 17.0 Å². The summed E-state index contributed by atoms with van der Waals surface area (Å²) in [5.74, 6) is 1.09. The van der Waals surface area contributed by atoms with Crippen LogP contribution in [0.3, 0.4) is 0 Å². The molecule has 0 aliphatic heterocycles. The molecule has 0 heterocycles. The van der Waals surface area contributed by atoms with Gasteiger partial charge in [-0.25, -0.2) is 0 Å². The summed E-state index contributed by atoms with van der Waals surface area (Å²) in [4.78, 5) is 0. The molecule has 1 nitrogen and oxygen atoms in total. The number of hydrogen-bond donors (Lipinski definition) is 0. The fourth-order valence-electron chi connectivity index (χ4n) is 1.96. The van der Waals surface area contributed by atoms with Gasteiger partial charge in [-0.15, -0.1) is 6.58 Å². The zero-order valence-corrected chi connectivity index (χ0v) is 9.97. The fourth-order valence-corrected chi connectivity index (χ4v) is 1.96. The predicted molar refractivity (Wildman–Crippen MR) is 71.5 cm³/mol. The summed E-state index contributed by atoms with van der Waals surface area (Å²) in [6.45, 7) is 3.93. The molecule has 0 bridgehead atoms. The van der Waals surface area contributed by atoms with Crippen molar-refractivity contribution in [1.82, 2.24) is 0 Å². The van der Waals surface area contributed by atoms with Gasteiger partial charge >= 0.3 is 0 Å². The highest BCUT2D eigenvalue weighted by Crippen LogP contribution is 2.27. The molecule has 0 aliphatic rings. The summed E-state index contributed by atoms with van der Waals surface area (Å²) in [5, 5.41) is 0. The van der Waals surface area contributed by atoms with E-state index in [1.807, 2.05) is 36.4 Å². The maximum absolute atomic E-state index is 5.25. The first-order chi connectivity index (χ1) is 8.35. The second-order valence-electron chi connectivity index (χ2n) is 3.90. The van der Waals surface area contributed by atoms with Gasteiger partial charge in [0.1, 0.15) is 5.75 Å². The topological polar surface area (TPSA) is 9.23 Å². The number of rotatable bonds is 4. The SMILES string of the molecule is C=C[C@H](c1ccccc1)c1cccc(OC)c1. The van der Waals surface area contributed by atoms with Gasteiger partial charge in [0.2, 0.25) is 0 Å². The molecule has 0 aliphatic carbocycles. The molecule has 2 rings (SSSR count). The van der Waals surface area contributed by atoms with E-state index in [9.17, 15) is 0 Å². The molecule has 0 spiro atoms. The zero-order chi connectivity index (χ0) is 12.1. The van der Waals surface area contributed by atoms with Crippen LogP contribution in [0.2, 0.25) is 0 Å². The Balaban J connectivity index is 2.38. The van der Waals surface area contributed by atoms with Crippen molar-refractivity contribution in [3.8, 4) is 5.75 Å². The summed E-state index contributed by atoms with van der Waals surface area (Å²) in [5.41, 5.74) is 2.45. The van der Waals surface area contributed by atoms with E-state index >= 15 is 0 Å². The number of hydrogen-bond acceptors (Lipinski definition) is 1. The van der Waals surface area contributed by atoms with Gasteiger partial charge in [-0.1, -0.05) is 48.5 Å². The third-order valence-electron chi connectivity index (χ3n) is 2.85. The van der Waals surface area contributed by atoms with Crippen molar-refractivity contribution >= 4 is 0 Å². The van der Waals surface area contributed by atoms with Crippen LogP contribution in [-0.4, -0.2) is 7.11 Å². The van der Waals surface area contributed by atoms with Crippen molar-refractivity contribution < 1.29 is 4.74 Å². The van der Waals surface area contributed by atoms with Gasteiger partial charge in [-0.05, 0) is 23.3 Å². The number of methoxy groups -OCH3 is 1. The number of ether oxygens (including phenoxy) is 1. The van der Waals surface area contributed by atoms with Crippen LogP contribution in [0.25, 0.3) is 0 Å². The smallest absolute Gasteiger partial charge is 0.119 e. The molecule has 0 amide bonds. The standard InChI is InChI=1S/C16H16O/c1-3-16(13-8-5-4-6-9-13)14-10-7-11-15(12-14)17-2/h3-12,16H,1H2,2H3/t16-/m1/s1. The van der Waals surface area contributed by atoms with Crippen molar-refractivity contribution in [1.29, 1.82) is 0 Å². The van der Waals surface area contributed by atoms with Crippen LogP contribution in [0, 0.1) is 0 Å². The van der Waals surface area contributed by atoms with Gasteiger partial charge in [-0.2, -0.15) is 0 Å². The quantitative estimate of drug-likeness (QED) is 0.713. The van der Waals surface area contributed by atoms with Gasteiger partial charge in [0.15, 0.2) is 0 Å². The van der Waals surface area contributed by atoms with Crippen molar-refractivity contribution in [3.63, 3.8) is 0 Å². The van der Waals surface area contributed by atoms with E-state index in [0.29, 0.717) is 0 Å². The third-order valence-corrected chi connectivity index (χ3v) is 2.85. The summed E-state index contributed by atoms with van der Waals surface area (Å²) < 4.78 is 5.25. The van der Waals surface area contributed by atoms with Crippen LogP contribution >= 0.6 is 0 Å². The molecule has 1 heteroatoms. The van der Waals surface area contributed by atoms with Crippen LogP contribution < -0.4 is 4.74 Å². The van der Waals surface area contributed by atoms with Gasteiger partial charge in [0.05, 0.1) is 7.11 Å². The summed E-state index contributed by atoms with van der Waals surface area (Å²) in [6.07, 6.45) is 1.96. The van der Waals surface area contributed by atoms with E-state index in [0.717, 1.165) is 5.75 Å². The second kappa shape index (κ2) is 5.35. The lowest BCUT2D eigenvalue weighted by Crippen LogP contribution is -1.97. The molecule has 2 aromatic carbocycles. The highest BCUT2D eigenvalue weighted by atomic mass is 16.5. The van der Waals surface area contributed by atoms with E-state index in [2.05, 4.69) is 30.8 Å². The maximum Gasteiger partial charge on any atom is 0.119 e. The van der Waals surface area contributed by atoms with Gasteiger partial charge in [0, 0.05) is 5.92 Å². The Morgan fingerprint density at radius 1 is 1.00 bits per heavy atom. The van der Waals surface area contributed by atoms with Crippen molar-refractivity contribution in [2.24, 2.45) is 0 Å². The monoisotopic (exact) mass is 224 g/mol. The van der Waals surface area contributed by atoms with Crippen LogP contribution in [0.4, 0.5) is 0 Å². The van der Waals surface area contributed by atoms with Crippen molar-refractivity contribution in [2.75, 3.05) is 7.11 Å². The molecule has 0 saturated carbocycles. The molecule has 0 N–H and O–H groups in total. The average molecular weight is 224 g/mol. The number of allylic oxidation sites excluding steroid dienone is 1. The van der Waals surface area contributed by atoms with E-state index in [1.165, 1.54) is 11.1 Å². The Labute approximate surface area is 102 Å². The lowest BCUT2D eigenvalue weighted by molar-refractivity contribution is 0.414. The first-order valence-electron chi connectivity index (χ1n) is 5.66. The first-order valence-corrected chi connectivity index (χ1v) is 5.66. The summed E-state index contributed by atoms with van der Waals surface area (Å²) >= 11 is 0. The predicted octanol–water partition coefficient (Wildman–Crippen LogP) is 4.01. The molecular formula is C16H16O. The Kier molecular flexibility index (Phi) is 3.61. The highest BCUT2D eigenvalue weighted by Gasteiger charge is 2.10. The molecule has 86 valence electrons. The van der Waals surface area contributed by atoms with E-state index in [1.54, 1.807) is 7.11 Å². The second-order valence-corrected chi connectivity index (χ2v) is 3.90. The molecule has 1 atom stereocenters. The van der Waals surface area contributed by atoms with Gasteiger partial charge < -0.3 is 4.74 Å². The van der Waals surface area contributed by atoms with Crippen LogP contribution in [0.15, 0.2) is 67.3 Å². The maximum atomic E-state index is 5.25. The van der Waals surface area contributed by atoms with Crippen molar-refractivity contribution in [2.45, 2.75) is 5.92 Å². The largest absolute Gasteiger partial charge is 0.497 e. The average Bonchev–Trinajstić information content (AvgIpc) is 2.41. The Bertz CT molecular complexity index is 488. The van der Waals surface area contributed by atoms with E-state index in [4.69, 9.17) is 4.74 Å². The lowest BCUT2D eigenvalue weighted by Gasteiger charge is -2.14. The Morgan fingerprint density at radius 2 is 1.71 bits per heavy atom. The van der Waals surface area contributed by atoms with Crippen LogP contribution in [-0.2, 0) is 0 Å². The third kappa shape index (κ3) is 2.56. The normalized spacial score (nSPS) is 11.8. The lowest BCUT2D eigenvalue weighted by atomic mass is 9.91. The molecule has 0 saturated heterocycles. The van der Waals surface area contributed by atoms with Gasteiger partial charge in [-0.3, -0.25) is 0 Å². The fraction of sp³-hybridized carbons (Fsp3) is 0.125. The number of benzene rings is 2. The molecule has 17 heavy (non-hydrogen) atoms. The summed E-state index contributed by atoms with van der Waals surface area (Å²) in [6, 6.07) is 18.5. The minimum atomic E-state index is 0.214. The summed E-state index contributed by atoms with van der Waals surface area (Å²) in [7, 11) is 1.69. The zero-order valence-electron chi connectivity index (χ0n) is 9.97. The minimum absolute atomic E-state index is 0.214. The molecule has 0 unspecified atom stereocenters. The highest BCUT2D eigenvalue weighted by molar-refractivity contribution is 5.39. The molecular weight excluding hydrogens is 208 g/mol. The van der Waals surface area contributed by atoms with E-state index < -0.39 is 0 Å². The van der Waals surface area contributed by atoms with E-state index in [-0.39, 0.29) is 5.92 Å². The molecule has 2 aromatic rings. The molecule has 0 aromatic heterocycles. The van der Waals surface area contributed by atoms with Crippen molar-refractivity contribution in [3.05, 3.63) is 78.4 Å².